The molecule has 0 radical (unpaired) electrons. The number of carbonyl (C=O) groups is 1. The molecule has 1 aliphatic rings. The van der Waals surface area contributed by atoms with E-state index in [0.29, 0.717) is 12.1 Å². The number of alkyl halides is 3. The molecule has 132 valence electrons. The number of carboxylic acid groups (broad SMARTS) is 1. The molecule has 1 N–H and O–H groups in total. The van der Waals surface area contributed by atoms with Gasteiger partial charge in [0.1, 0.15) is 0 Å². The Morgan fingerprint density at radius 3 is 2.19 bits per heavy atom. The van der Waals surface area contributed by atoms with Crippen LogP contribution in [0.1, 0.15) is 27.0 Å². The SMILES string of the molecule is N#C/N=C1\c2ccc(C(=O)O)cc2S(=O)(=O)c2cc(C(F)(F)F)ccc21. The summed E-state index contributed by atoms with van der Waals surface area (Å²) in [4.78, 5) is 13.4. The van der Waals surface area contributed by atoms with E-state index in [0.717, 1.165) is 24.3 Å². The molecule has 2 aromatic carbocycles. The maximum Gasteiger partial charge on any atom is 0.416 e. The molecule has 10 heteroatoms. The number of aromatic carboxylic acids is 1. The fraction of sp³-hybridized carbons (Fsp3) is 0.0625. The molecule has 3 rings (SSSR count). The smallest absolute Gasteiger partial charge is 0.416 e. The highest BCUT2D eigenvalue weighted by atomic mass is 32.2. The molecule has 0 aromatic heterocycles. The summed E-state index contributed by atoms with van der Waals surface area (Å²) in [7, 11) is -4.44. The van der Waals surface area contributed by atoms with Gasteiger partial charge in [-0.2, -0.15) is 23.4 Å². The van der Waals surface area contributed by atoms with Crippen LogP contribution in [0.4, 0.5) is 13.2 Å². The number of hydrogen-bond acceptors (Lipinski definition) is 5. The summed E-state index contributed by atoms with van der Waals surface area (Å²) in [5, 5.41) is 17.9. The number of halogens is 3. The van der Waals surface area contributed by atoms with Crippen molar-refractivity contribution in [3.05, 3.63) is 58.7 Å². The normalized spacial score (nSPS) is 16.5. The minimum absolute atomic E-state index is 0.0520. The van der Waals surface area contributed by atoms with Crippen molar-refractivity contribution in [3.8, 4) is 6.19 Å². The minimum atomic E-state index is -4.78. The molecule has 0 bridgehead atoms. The number of nitriles is 1. The number of benzene rings is 2. The van der Waals surface area contributed by atoms with E-state index in [-0.39, 0.29) is 22.4 Å². The van der Waals surface area contributed by atoms with Gasteiger partial charge in [-0.15, -0.1) is 0 Å². The number of aliphatic imine (C=N–C) groups is 1. The summed E-state index contributed by atoms with van der Waals surface area (Å²) < 4.78 is 64.5. The van der Waals surface area contributed by atoms with Gasteiger partial charge in [-0.3, -0.25) is 0 Å². The van der Waals surface area contributed by atoms with Gasteiger partial charge >= 0.3 is 12.1 Å². The summed E-state index contributed by atoms with van der Waals surface area (Å²) in [5.41, 5.74) is -1.90. The van der Waals surface area contributed by atoms with Crippen LogP contribution in [0.5, 0.6) is 0 Å². The maximum absolute atomic E-state index is 13.0. The first-order valence-electron chi connectivity index (χ1n) is 6.88. The Morgan fingerprint density at radius 1 is 1.08 bits per heavy atom. The lowest BCUT2D eigenvalue weighted by Crippen LogP contribution is -2.22. The summed E-state index contributed by atoms with van der Waals surface area (Å²) >= 11 is 0. The number of fused-ring (bicyclic) bond motifs is 2. The Bertz CT molecular complexity index is 1130. The van der Waals surface area contributed by atoms with E-state index in [1.807, 2.05) is 0 Å². The van der Waals surface area contributed by atoms with Crippen LogP contribution in [0.25, 0.3) is 0 Å². The van der Waals surface area contributed by atoms with E-state index in [4.69, 9.17) is 10.4 Å². The second-order valence-electron chi connectivity index (χ2n) is 5.29. The molecule has 0 saturated carbocycles. The van der Waals surface area contributed by atoms with Gasteiger partial charge in [-0.1, -0.05) is 12.1 Å². The lowest BCUT2D eigenvalue weighted by Gasteiger charge is -2.22. The summed E-state index contributed by atoms with van der Waals surface area (Å²) in [6, 6.07) is 5.20. The molecule has 2 aromatic rings. The Morgan fingerprint density at radius 2 is 1.65 bits per heavy atom. The Labute approximate surface area is 144 Å². The number of nitrogens with zero attached hydrogens (tertiary/aromatic N) is 2. The topological polar surface area (TPSA) is 108 Å². The number of hydrogen-bond donors (Lipinski definition) is 1. The molecule has 0 saturated heterocycles. The molecule has 1 aliphatic heterocycles. The van der Waals surface area contributed by atoms with Crippen molar-refractivity contribution in [2.45, 2.75) is 16.0 Å². The van der Waals surface area contributed by atoms with Crippen molar-refractivity contribution in [2.75, 3.05) is 0 Å². The highest BCUT2D eigenvalue weighted by Crippen LogP contribution is 2.39. The van der Waals surface area contributed by atoms with Crippen LogP contribution in [-0.2, 0) is 16.0 Å². The molecule has 6 nitrogen and oxygen atoms in total. The molecular formula is C16H7F3N2O4S. The van der Waals surface area contributed by atoms with Crippen LogP contribution in [0, 0.1) is 11.5 Å². The van der Waals surface area contributed by atoms with Crippen LogP contribution >= 0.6 is 0 Å². The zero-order valence-corrected chi connectivity index (χ0v) is 13.4. The van der Waals surface area contributed by atoms with E-state index >= 15 is 0 Å². The Hall–Kier alpha value is -3.19. The zero-order chi connectivity index (χ0) is 19.3. The zero-order valence-electron chi connectivity index (χ0n) is 12.6. The maximum atomic E-state index is 13.0. The van der Waals surface area contributed by atoms with Gasteiger partial charge in [0.25, 0.3) is 0 Å². The van der Waals surface area contributed by atoms with E-state index in [9.17, 15) is 26.4 Å². The standard InChI is InChI=1S/C16H7F3N2O4S/c17-16(18,19)9-2-4-11-13(6-9)26(24,25)12-5-8(15(22)23)1-3-10(12)14(11)21-7-20/h1-6H,(H,22,23)/b21-14+. The van der Waals surface area contributed by atoms with Gasteiger partial charge < -0.3 is 5.11 Å². The third-order valence-corrected chi connectivity index (χ3v) is 5.62. The third-order valence-electron chi connectivity index (χ3n) is 3.79. The third kappa shape index (κ3) is 2.62. The first-order valence-corrected chi connectivity index (χ1v) is 8.37. The molecule has 26 heavy (non-hydrogen) atoms. The van der Waals surface area contributed by atoms with Crippen molar-refractivity contribution in [1.29, 1.82) is 5.26 Å². The molecule has 0 unspecified atom stereocenters. The van der Waals surface area contributed by atoms with E-state index in [2.05, 4.69) is 4.99 Å². The van der Waals surface area contributed by atoms with Gasteiger partial charge in [0, 0.05) is 11.1 Å². The average Bonchev–Trinajstić information content (AvgIpc) is 2.57. The van der Waals surface area contributed by atoms with Crippen molar-refractivity contribution in [1.82, 2.24) is 0 Å². The second kappa shape index (κ2) is 5.67. The van der Waals surface area contributed by atoms with E-state index < -0.39 is 37.3 Å². The molecular weight excluding hydrogens is 373 g/mol. The number of sulfone groups is 1. The molecule has 0 atom stereocenters. The predicted molar refractivity (Wildman–Crippen MR) is 81.5 cm³/mol. The summed E-state index contributed by atoms with van der Waals surface area (Å²) in [6.45, 7) is 0. The van der Waals surface area contributed by atoms with Crippen molar-refractivity contribution >= 4 is 21.5 Å². The van der Waals surface area contributed by atoms with Gasteiger partial charge in [0.05, 0.1) is 26.6 Å². The van der Waals surface area contributed by atoms with Gasteiger partial charge in [0.15, 0.2) is 0 Å². The highest BCUT2D eigenvalue weighted by molar-refractivity contribution is 7.91. The molecule has 0 fully saturated rings. The van der Waals surface area contributed by atoms with Crippen LogP contribution in [0.15, 0.2) is 51.2 Å². The van der Waals surface area contributed by atoms with Crippen LogP contribution in [0.2, 0.25) is 0 Å². The van der Waals surface area contributed by atoms with Gasteiger partial charge in [-0.05, 0) is 24.3 Å². The highest BCUT2D eigenvalue weighted by Gasteiger charge is 2.38. The fourth-order valence-corrected chi connectivity index (χ4v) is 4.33. The van der Waals surface area contributed by atoms with Gasteiger partial charge in [-0.25, -0.2) is 13.2 Å². The summed E-state index contributed by atoms with van der Waals surface area (Å²) in [5.74, 6) is -1.41. The van der Waals surface area contributed by atoms with E-state index in [1.54, 1.807) is 0 Å². The van der Waals surface area contributed by atoms with Crippen LogP contribution in [0.3, 0.4) is 0 Å². The predicted octanol–water partition coefficient (Wildman–Crippen LogP) is 2.87. The van der Waals surface area contributed by atoms with Crippen LogP contribution < -0.4 is 0 Å². The monoisotopic (exact) mass is 380 g/mol. The van der Waals surface area contributed by atoms with Crippen molar-refractivity contribution in [3.63, 3.8) is 0 Å². The molecule has 1 heterocycles. The molecule has 0 spiro atoms. The largest absolute Gasteiger partial charge is 0.478 e. The Kier molecular flexibility index (Phi) is 3.84. The first-order chi connectivity index (χ1) is 12.1. The Balaban J connectivity index is 2.40. The first kappa shape index (κ1) is 17.6. The van der Waals surface area contributed by atoms with Crippen LogP contribution in [-0.4, -0.2) is 25.2 Å². The van der Waals surface area contributed by atoms with Gasteiger partial charge in [0.2, 0.25) is 16.0 Å². The quantitative estimate of drug-likeness (QED) is 0.653. The lowest BCUT2D eigenvalue weighted by molar-refractivity contribution is -0.137. The number of carboxylic acids is 1. The number of rotatable bonds is 1. The average molecular weight is 380 g/mol. The van der Waals surface area contributed by atoms with Crippen molar-refractivity contribution < 1.29 is 31.5 Å². The summed E-state index contributed by atoms with van der Waals surface area (Å²) in [6.07, 6.45) is -3.29. The van der Waals surface area contributed by atoms with Crippen molar-refractivity contribution in [2.24, 2.45) is 4.99 Å². The lowest BCUT2D eigenvalue weighted by atomic mass is 9.98. The van der Waals surface area contributed by atoms with E-state index in [1.165, 1.54) is 6.19 Å². The second-order valence-corrected chi connectivity index (χ2v) is 7.18. The minimum Gasteiger partial charge on any atom is -0.478 e. The fourth-order valence-electron chi connectivity index (χ4n) is 2.62. The molecule has 0 amide bonds. The molecule has 0 aliphatic carbocycles.